The van der Waals surface area contributed by atoms with Gasteiger partial charge in [-0.15, -0.1) is 0 Å². The van der Waals surface area contributed by atoms with Gasteiger partial charge in [0, 0.05) is 12.6 Å². The van der Waals surface area contributed by atoms with Crippen LogP contribution in [0.1, 0.15) is 12.0 Å². The lowest BCUT2D eigenvalue weighted by atomic mass is 10.1. The molecule has 0 aliphatic rings. The number of rotatable bonds is 5. The number of aryl methyl sites for hydroxylation is 1. The van der Waals surface area contributed by atoms with Crippen molar-refractivity contribution < 1.29 is 13.2 Å². The fourth-order valence-corrected chi connectivity index (χ4v) is 1.71. The SMILES string of the molecule is Fc1cc(F)c(NCCCc2ccccc2)nc1F. The summed E-state index contributed by atoms with van der Waals surface area (Å²) < 4.78 is 38.8. The Morgan fingerprint density at radius 1 is 1.00 bits per heavy atom. The summed E-state index contributed by atoms with van der Waals surface area (Å²) in [5, 5.41) is 2.66. The Bertz CT molecular complexity index is 544. The average Bonchev–Trinajstić information content (AvgIpc) is 2.41. The molecule has 1 aromatic carbocycles. The minimum Gasteiger partial charge on any atom is -0.368 e. The molecule has 0 bridgehead atoms. The number of aromatic nitrogens is 1. The van der Waals surface area contributed by atoms with E-state index in [0.29, 0.717) is 12.6 Å². The number of nitrogens with one attached hydrogen (secondary N) is 1. The zero-order chi connectivity index (χ0) is 13.7. The van der Waals surface area contributed by atoms with Gasteiger partial charge in [-0.05, 0) is 18.4 Å². The van der Waals surface area contributed by atoms with Crippen molar-refractivity contribution in [2.24, 2.45) is 0 Å². The molecule has 0 radical (unpaired) electrons. The van der Waals surface area contributed by atoms with Crippen LogP contribution in [-0.2, 0) is 6.42 Å². The summed E-state index contributed by atoms with van der Waals surface area (Å²) in [6, 6.07) is 10.3. The Balaban J connectivity index is 1.85. The van der Waals surface area contributed by atoms with Gasteiger partial charge < -0.3 is 5.32 Å². The molecule has 100 valence electrons. The van der Waals surface area contributed by atoms with Crippen LogP contribution in [0.5, 0.6) is 0 Å². The van der Waals surface area contributed by atoms with Crippen LogP contribution in [0.15, 0.2) is 36.4 Å². The van der Waals surface area contributed by atoms with E-state index in [1.165, 1.54) is 5.56 Å². The molecule has 2 nitrogen and oxygen atoms in total. The third kappa shape index (κ3) is 3.71. The number of pyridine rings is 1. The van der Waals surface area contributed by atoms with Gasteiger partial charge in [-0.1, -0.05) is 30.3 Å². The van der Waals surface area contributed by atoms with Gasteiger partial charge >= 0.3 is 0 Å². The van der Waals surface area contributed by atoms with E-state index in [9.17, 15) is 13.2 Å². The quantitative estimate of drug-likeness (QED) is 0.661. The van der Waals surface area contributed by atoms with Crippen molar-refractivity contribution in [3.05, 3.63) is 59.5 Å². The first-order chi connectivity index (χ1) is 9.16. The number of nitrogens with zero attached hydrogens (tertiary/aromatic N) is 1. The van der Waals surface area contributed by atoms with Gasteiger partial charge in [0.1, 0.15) is 0 Å². The number of hydrogen-bond donors (Lipinski definition) is 1. The van der Waals surface area contributed by atoms with Gasteiger partial charge in [0.2, 0.25) is 0 Å². The second kappa shape index (κ2) is 6.22. The van der Waals surface area contributed by atoms with Crippen molar-refractivity contribution in [3.63, 3.8) is 0 Å². The lowest BCUT2D eigenvalue weighted by molar-refractivity contribution is 0.466. The van der Waals surface area contributed by atoms with E-state index in [0.717, 1.165) is 12.8 Å². The van der Waals surface area contributed by atoms with Gasteiger partial charge in [-0.3, -0.25) is 0 Å². The molecule has 0 fully saturated rings. The zero-order valence-corrected chi connectivity index (χ0v) is 10.2. The molecule has 19 heavy (non-hydrogen) atoms. The average molecular weight is 266 g/mol. The van der Waals surface area contributed by atoms with Gasteiger partial charge in [-0.25, -0.2) is 8.78 Å². The minimum atomic E-state index is -1.30. The van der Waals surface area contributed by atoms with Crippen molar-refractivity contribution >= 4 is 5.82 Å². The van der Waals surface area contributed by atoms with E-state index in [4.69, 9.17) is 0 Å². The maximum absolute atomic E-state index is 13.2. The van der Waals surface area contributed by atoms with Gasteiger partial charge in [0.05, 0.1) is 0 Å². The van der Waals surface area contributed by atoms with E-state index in [-0.39, 0.29) is 5.82 Å². The molecule has 0 saturated carbocycles. The molecule has 1 N–H and O–H groups in total. The third-order valence-electron chi connectivity index (χ3n) is 2.66. The molecule has 0 aliphatic carbocycles. The minimum absolute atomic E-state index is 0.257. The lowest BCUT2D eigenvalue weighted by Crippen LogP contribution is -2.08. The second-order valence-electron chi connectivity index (χ2n) is 4.11. The lowest BCUT2D eigenvalue weighted by Gasteiger charge is -2.07. The molecule has 0 atom stereocenters. The second-order valence-corrected chi connectivity index (χ2v) is 4.11. The van der Waals surface area contributed by atoms with Crippen LogP contribution < -0.4 is 5.32 Å². The highest BCUT2D eigenvalue weighted by atomic mass is 19.2. The molecule has 1 heterocycles. The Morgan fingerprint density at radius 3 is 2.47 bits per heavy atom. The number of halogens is 3. The maximum Gasteiger partial charge on any atom is 0.251 e. The molecule has 2 rings (SSSR count). The van der Waals surface area contributed by atoms with Crippen LogP contribution in [-0.4, -0.2) is 11.5 Å². The highest BCUT2D eigenvalue weighted by molar-refractivity contribution is 5.36. The largest absolute Gasteiger partial charge is 0.368 e. The van der Waals surface area contributed by atoms with Gasteiger partial charge in [0.25, 0.3) is 5.95 Å². The summed E-state index contributed by atoms with van der Waals surface area (Å²) in [6.07, 6.45) is 1.56. The normalized spacial score (nSPS) is 10.5. The van der Waals surface area contributed by atoms with Crippen LogP contribution in [0.25, 0.3) is 0 Å². The molecule has 2 aromatic rings. The maximum atomic E-state index is 13.2. The molecule has 0 saturated heterocycles. The van der Waals surface area contributed by atoms with Gasteiger partial charge in [-0.2, -0.15) is 9.37 Å². The van der Waals surface area contributed by atoms with E-state index in [1.54, 1.807) is 0 Å². The fourth-order valence-electron chi connectivity index (χ4n) is 1.71. The molecular weight excluding hydrogens is 253 g/mol. The molecule has 0 amide bonds. The van der Waals surface area contributed by atoms with Crippen LogP contribution in [0.4, 0.5) is 19.0 Å². The summed E-state index contributed by atoms with van der Waals surface area (Å²) >= 11 is 0. The van der Waals surface area contributed by atoms with Crippen molar-refractivity contribution in [1.29, 1.82) is 0 Å². The molecule has 0 spiro atoms. The summed E-state index contributed by atoms with van der Waals surface area (Å²) in [6.45, 7) is 0.434. The van der Waals surface area contributed by atoms with Crippen molar-refractivity contribution in [3.8, 4) is 0 Å². The predicted molar refractivity (Wildman–Crippen MR) is 67.4 cm³/mol. The Labute approximate surface area is 109 Å². The van der Waals surface area contributed by atoms with Crippen molar-refractivity contribution in [1.82, 2.24) is 4.98 Å². The summed E-state index contributed by atoms with van der Waals surface area (Å²) in [5.74, 6) is -3.73. The zero-order valence-electron chi connectivity index (χ0n) is 10.2. The summed E-state index contributed by atoms with van der Waals surface area (Å²) in [4.78, 5) is 3.19. The Kier molecular flexibility index (Phi) is 4.39. The smallest absolute Gasteiger partial charge is 0.251 e. The predicted octanol–water partition coefficient (Wildman–Crippen LogP) is 3.54. The van der Waals surface area contributed by atoms with E-state index >= 15 is 0 Å². The molecule has 1 aromatic heterocycles. The van der Waals surface area contributed by atoms with E-state index in [1.807, 2.05) is 30.3 Å². The monoisotopic (exact) mass is 266 g/mol. The van der Waals surface area contributed by atoms with Crippen LogP contribution in [0.3, 0.4) is 0 Å². The van der Waals surface area contributed by atoms with Crippen LogP contribution in [0, 0.1) is 17.6 Å². The standard InChI is InChI=1S/C14H13F3N2/c15-11-9-12(16)14(19-13(11)17)18-8-4-7-10-5-2-1-3-6-10/h1-3,5-6,9H,4,7-8H2,(H,18,19). The first kappa shape index (κ1) is 13.4. The van der Waals surface area contributed by atoms with Crippen molar-refractivity contribution in [2.45, 2.75) is 12.8 Å². The highest BCUT2D eigenvalue weighted by Gasteiger charge is 2.10. The molecular formula is C14H13F3N2. The van der Waals surface area contributed by atoms with E-state index in [2.05, 4.69) is 10.3 Å². The third-order valence-corrected chi connectivity index (χ3v) is 2.66. The molecule has 5 heteroatoms. The fraction of sp³-hybridized carbons (Fsp3) is 0.214. The summed E-state index contributed by atoms with van der Waals surface area (Å²) in [7, 11) is 0. The summed E-state index contributed by atoms with van der Waals surface area (Å²) in [5.41, 5.74) is 1.17. The molecule has 0 unspecified atom stereocenters. The van der Waals surface area contributed by atoms with Crippen molar-refractivity contribution in [2.75, 3.05) is 11.9 Å². The Morgan fingerprint density at radius 2 is 1.74 bits per heavy atom. The first-order valence-corrected chi connectivity index (χ1v) is 5.96. The van der Waals surface area contributed by atoms with Crippen LogP contribution >= 0.6 is 0 Å². The topological polar surface area (TPSA) is 24.9 Å². The molecule has 0 aliphatic heterocycles. The number of hydrogen-bond acceptors (Lipinski definition) is 2. The highest BCUT2D eigenvalue weighted by Crippen LogP contribution is 2.14. The van der Waals surface area contributed by atoms with Crippen LogP contribution in [0.2, 0.25) is 0 Å². The number of benzene rings is 1. The van der Waals surface area contributed by atoms with E-state index < -0.39 is 17.6 Å². The van der Waals surface area contributed by atoms with Gasteiger partial charge in [0.15, 0.2) is 17.5 Å². The Hall–Kier alpha value is -2.04. The first-order valence-electron chi connectivity index (χ1n) is 5.96. The number of anilines is 1.